The predicted molar refractivity (Wildman–Crippen MR) is 117 cm³/mol. The molecule has 0 unspecified atom stereocenters. The van der Waals surface area contributed by atoms with Crippen LogP contribution in [0.2, 0.25) is 0 Å². The van der Waals surface area contributed by atoms with Gasteiger partial charge in [-0.25, -0.2) is 4.98 Å². The number of anilines is 3. The summed E-state index contributed by atoms with van der Waals surface area (Å²) in [5, 5.41) is 9.39. The highest BCUT2D eigenvalue weighted by molar-refractivity contribution is 5.76. The molecule has 6 heteroatoms. The summed E-state index contributed by atoms with van der Waals surface area (Å²) in [6.45, 7) is 5.07. The van der Waals surface area contributed by atoms with Crippen LogP contribution in [-0.4, -0.2) is 29.0 Å². The van der Waals surface area contributed by atoms with E-state index in [1.807, 2.05) is 55.5 Å². The third-order valence-corrected chi connectivity index (χ3v) is 4.39. The second-order valence-electron chi connectivity index (χ2n) is 6.97. The van der Waals surface area contributed by atoms with Gasteiger partial charge in [-0.3, -0.25) is 4.79 Å². The maximum atomic E-state index is 12.0. The van der Waals surface area contributed by atoms with Gasteiger partial charge in [-0.05, 0) is 38.0 Å². The zero-order chi connectivity index (χ0) is 20.5. The Kier molecular flexibility index (Phi) is 7.16. The molecular weight excluding hydrogens is 362 g/mol. The molecule has 0 aliphatic heterocycles. The van der Waals surface area contributed by atoms with Crippen LogP contribution in [-0.2, 0) is 11.2 Å². The number of nitrogens with one attached hydrogen (secondary N) is 3. The number of amides is 1. The lowest BCUT2D eigenvalue weighted by Gasteiger charge is -2.11. The van der Waals surface area contributed by atoms with Crippen molar-refractivity contribution in [3.05, 3.63) is 77.5 Å². The van der Waals surface area contributed by atoms with Gasteiger partial charge in [0, 0.05) is 37.0 Å². The minimum atomic E-state index is 0.0440. The molecule has 0 aliphatic rings. The molecule has 1 amide bonds. The molecular formula is C23H27N5O. The quantitative estimate of drug-likeness (QED) is 0.482. The summed E-state index contributed by atoms with van der Waals surface area (Å²) in [4.78, 5) is 20.9. The third kappa shape index (κ3) is 6.92. The van der Waals surface area contributed by atoms with Gasteiger partial charge in [-0.1, -0.05) is 48.0 Å². The average Bonchev–Trinajstić information content (AvgIpc) is 2.72. The lowest BCUT2D eigenvalue weighted by Crippen LogP contribution is -2.29. The number of aryl methyl sites for hydroxylation is 3. The zero-order valence-corrected chi connectivity index (χ0v) is 16.9. The molecule has 3 rings (SSSR count). The number of aromatic nitrogens is 2. The normalized spacial score (nSPS) is 10.4. The van der Waals surface area contributed by atoms with Crippen molar-refractivity contribution in [3.8, 4) is 0 Å². The van der Waals surface area contributed by atoms with Gasteiger partial charge >= 0.3 is 0 Å². The fraction of sp³-hybridized carbons (Fsp3) is 0.261. The van der Waals surface area contributed by atoms with Crippen molar-refractivity contribution >= 4 is 23.4 Å². The maximum absolute atomic E-state index is 12.0. The first-order chi connectivity index (χ1) is 14.1. The van der Waals surface area contributed by atoms with E-state index in [0.29, 0.717) is 25.5 Å². The van der Waals surface area contributed by atoms with Gasteiger partial charge in [0.2, 0.25) is 11.9 Å². The molecule has 2 aromatic carbocycles. The van der Waals surface area contributed by atoms with Crippen molar-refractivity contribution in [3.63, 3.8) is 0 Å². The van der Waals surface area contributed by atoms with Crippen LogP contribution in [0.1, 0.15) is 23.2 Å². The van der Waals surface area contributed by atoms with Crippen molar-refractivity contribution in [2.75, 3.05) is 23.7 Å². The fourth-order valence-electron chi connectivity index (χ4n) is 2.86. The Morgan fingerprint density at radius 1 is 0.931 bits per heavy atom. The minimum Gasteiger partial charge on any atom is -0.354 e. The van der Waals surface area contributed by atoms with E-state index < -0.39 is 0 Å². The van der Waals surface area contributed by atoms with Crippen LogP contribution in [0.25, 0.3) is 0 Å². The summed E-state index contributed by atoms with van der Waals surface area (Å²) >= 11 is 0. The predicted octanol–water partition coefficient (Wildman–Crippen LogP) is 4.00. The van der Waals surface area contributed by atoms with Gasteiger partial charge in [0.25, 0.3) is 0 Å². The van der Waals surface area contributed by atoms with E-state index in [1.165, 1.54) is 11.1 Å². The van der Waals surface area contributed by atoms with Gasteiger partial charge in [0.15, 0.2) is 0 Å². The summed E-state index contributed by atoms with van der Waals surface area (Å²) in [5.74, 6) is 1.32. The van der Waals surface area contributed by atoms with Gasteiger partial charge in [0.05, 0.1) is 0 Å². The number of benzene rings is 2. The number of rotatable bonds is 9. The van der Waals surface area contributed by atoms with Gasteiger partial charge in [0.1, 0.15) is 5.82 Å². The van der Waals surface area contributed by atoms with E-state index in [2.05, 4.69) is 45.0 Å². The van der Waals surface area contributed by atoms with Gasteiger partial charge < -0.3 is 16.0 Å². The molecule has 0 saturated heterocycles. The topological polar surface area (TPSA) is 78.9 Å². The van der Waals surface area contributed by atoms with Gasteiger partial charge in [-0.15, -0.1) is 0 Å². The second kappa shape index (κ2) is 10.2. The highest BCUT2D eigenvalue weighted by atomic mass is 16.1. The van der Waals surface area contributed by atoms with E-state index in [1.54, 1.807) is 0 Å². The summed E-state index contributed by atoms with van der Waals surface area (Å²) < 4.78 is 0. The molecule has 0 spiro atoms. The number of carbonyl (C=O) groups is 1. The van der Waals surface area contributed by atoms with Crippen LogP contribution < -0.4 is 16.0 Å². The number of carbonyl (C=O) groups excluding carboxylic acids is 1. The van der Waals surface area contributed by atoms with Gasteiger partial charge in [-0.2, -0.15) is 4.98 Å². The fourth-order valence-corrected chi connectivity index (χ4v) is 2.86. The molecule has 1 heterocycles. The monoisotopic (exact) mass is 389 g/mol. The molecule has 0 aliphatic carbocycles. The largest absolute Gasteiger partial charge is 0.354 e. The van der Waals surface area contributed by atoms with E-state index in [-0.39, 0.29) is 5.91 Å². The molecule has 0 bridgehead atoms. The molecule has 0 radical (unpaired) electrons. The SMILES string of the molecule is Cc1ccc(Nc2cc(C)nc(NCCNC(=O)CCc3ccccc3)n2)cc1. The van der Waals surface area contributed by atoms with Crippen LogP contribution in [0.3, 0.4) is 0 Å². The molecule has 150 valence electrons. The molecule has 0 fully saturated rings. The Hall–Kier alpha value is -3.41. The first kappa shape index (κ1) is 20.3. The smallest absolute Gasteiger partial charge is 0.224 e. The molecule has 3 N–H and O–H groups in total. The van der Waals surface area contributed by atoms with Crippen LogP contribution in [0, 0.1) is 13.8 Å². The average molecular weight is 390 g/mol. The lowest BCUT2D eigenvalue weighted by atomic mass is 10.1. The molecule has 3 aromatic rings. The molecule has 6 nitrogen and oxygen atoms in total. The number of hydrogen-bond acceptors (Lipinski definition) is 5. The summed E-state index contributed by atoms with van der Waals surface area (Å²) in [6.07, 6.45) is 1.23. The highest BCUT2D eigenvalue weighted by Crippen LogP contribution is 2.17. The Bertz CT molecular complexity index is 926. The van der Waals surface area contributed by atoms with Crippen LogP contribution in [0.15, 0.2) is 60.7 Å². The lowest BCUT2D eigenvalue weighted by molar-refractivity contribution is -0.120. The molecule has 0 atom stereocenters. The standard InChI is InChI=1S/C23H27N5O/c1-17-8-11-20(12-9-17)27-21-16-18(2)26-23(28-21)25-15-14-24-22(29)13-10-19-6-4-3-5-7-19/h3-9,11-12,16H,10,13-15H2,1-2H3,(H,24,29)(H2,25,26,27,28). The first-order valence-corrected chi connectivity index (χ1v) is 9.82. The zero-order valence-electron chi connectivity index (χ0n) is 16.9. The highest BCUT2D eigenvalue weighted by Gasteiger charge is 2.04. The maximum Gasteiger partial charge on any atom is 0.224 e. The van der Waals surface area contributed by atoms with E-state index >= 15 is 0 Å². The Morgan fingerprint density at radius 3 is 2.45 bits per heavy atom. The Balaban J connectivity index is 1.43. The summed E-state index contributed by atoms with van der Waals surface area (Å²) in [7, 11) is 0. The minimum absolute atomic E-state index is 0.0440. The van der Waals surface area contributed by atoms with E-state index in [0.717, 1.165) is 23.6 Å². The van der Waals surface area contributed by atoms with E-state index in [9.17, 15) is 4.79 Å². The molecule has 0 saturated carbocycles. The number of hydrogen-bond donors (Lipinski definition) is 3. The van der Waals surface area contributed by atoms with E-state index in [4.69, 9.17) is 0 Å². The Labute approximate surface area is 171 Å². The van der Waals surface area contributed by atoms with Crippen molar-refractivity contribution in [2.24, 2.45) is 0 Å². The van der Waals surface area contributed by atoms with Crippen LogP contribution in [0.5, 0.6) is 0 Å². The molecule has 29 heavy (non-hydrogen) atoms. The Morgan fingerprint density at radius 2 is 1.69 bits per heavy atom. The summed E-state index contributed by atoms with van der Waals surface area (Å²) in [5.41, 5.74) is 4.22. The van der Waals surface area contributed by atoms with Crippen molar-refractivity contribution in [1.82, 2.24) is 15.3 Å². The van der Waals surface area contributed by atoms with Crippen LogP contribution >= 0.6 is 0 Å². The van der Waals surface area contributed by atoms with Crippen LogP contribution in [0.4, 0.5) is 17.5 Å². The van der Waals surface area contributed by atoms with Crippen molar-refractivity contribution < 1.29 is 4.79 Å². The second-order valence-corrected chi connectivity index (χ2v) is 6.97. The van der Waals surface area contributed by atoms with Crippen molar-refractivity contribution in [2.45, 2.75) is 26.7 Å². The summed E-state index contributed by atoms with van der Waals surface area (Å²) in [6, 6.07) is 20.1. The van der Waals surface area contributed by atoms with Crippen molar-refractivity contribution in [1.29, 1.82) is 0 Å². The molecule has 1 aromatic heterocycles. The number of nitrogens with zero attached hydrogens (tertiary/aromatic N) is 2. The third-order valence-electron chi connectivity index (χ3n) is 4.39. The first-order valence-electron chi connectivity index (χ1n) is 9.82.